The van der Waals surface area contributed by atoms with Gasteiger partial charge in [-0.3, -0.25) is 9.59 Å². The van der Waals surface area contributed by atoms with Crippen molar-refractivity contribution in [1.29, 1.82) is 0 Å². The van der Waals surface area contributed by atoms with Crippen molar-refractivity contribution in [2.45, 2.75) is 93.4 Å². The summed E-state index contributed by atoms with van der Waals surface area (Å²) in [6.07, 6.45) is 7.40. The molecule has 196 valence electrons. The summed E-state index contributed by atoms with van der Waals surface area (Å²) in [6.45, 7) is 7.48. The highest BCUT2D eigenvalue weighted by atomic mass is 127. The Morgan fingerprint density at radius 3 is 2.63 bits per heavy atom. The number of rotatable bonds is 3. The summed E-state index contributed by atoms with van der Waals surface area (Å²) in [5.41, 5.74) is -2.06. The second-order valence-corrected chi connectivity index (χ2v) is 13.4. The summed E-state index contributed by atoms with van der Waals surface area (Å²) < 4.78 is 9.57. The van der Waals surface area contributed by atoms with Crippen LogP contribution in [0.15, 0.2) is 12.2 Å². The number of carbonyl (C=O) groups excluding carboxylic acids is 3. The normalized spacial score (nSPS) is 35.0. The van der Waals surface area contributed by atoms with E-state index in [1.807, 2.05) is 19.1 Å². The topological polar surface area (TPSA) is 125 Å². The van der Waals surface area contributed by atoms with Gasteiger partial charge in [-0.25, -0.2) is 9.59 Å². The molecule has 0 spiro atoms. The highest BCUT2D eigenvalue weighted by Crippen LogP contribution is 2.52. The van der Waals surface area contributed by atoms with E-state index in [9.17, 15) is 24.3 Å². The van der Waals surface area contributed by atoms with Gasteiger partial charge in [0.25, 0.3) is 0 Å². The third-order valence-electron chi connectivity index (χ3n) is 7.11. The first kappa shape index (κ1) is 27.6. The number of halogens is 1. The smallest absolute Gasteiger partial charge is 0.408 e. The van der Waals surface area contributed by atoms with Gasteiger partial charge in [0.05, 0.1) is 0 Å². The van der Waals surface area contributed by atoms with Gasteiger partial charge >= 0.3 is 12.1 Å². The lowest BCUT2D eigenvalue weighted by molar-refractivity contribution is -0.146. The highest BCUT2D eigenvalue weighted by molar-refractivity contribution is 14.2. The van der Waals surface area contributed by atoms with Crippen LogP contribution in [0.5, 0.6) is 0 Å². The van der Waals surface area contributed by atoms with Gasteiger partial charge in [0, 0.05) is 16.4 Å². The maximum atomic E-state index is 13.7. The number of ether oxygens (including phenoxy) is 1. The molecule has 35 heavy (non-hydrogen) atoms. The number of hydrogen-bond acceptors (Lipinski definition) is 5. The van der Waals surface area contributed by atoms with E-state index in [0.29, 0.717) is 19.4 Å². The van der Waals surface area contributed by atoms with Gasteiger partial charge in [-0.15, -0.1) is 20.7 Å². The molecule has 2 heterocycles. The molecule has 3 aliphatic rings. The first-order chi connectivity index (χ1) is 16.4. The molecular formula is C25H38IN3O6. The summed E-state index contributed by atoms with van der Waals surface area (Å²) >= 11 is -0.479. The molecule has 3 N–H and O–H groups in total. The van der Waals surface area contributed by atoms with Crippen molar-refractivity contribution in [2.24, 2.45) is 11.8 Å². The molecule has 1 saturated heterocycles. The van der Waals surface area contributed by atoms with Gasteiger partial charge in [-0.2, -0.15) is 0 Å². The van der Waals surface area contributed by atoms with Gasteiger partial charge < -0.3 is 25.4 Å². The number of amides is 3. The van der Waals surface area contributed by atoms with Crippen molar-refractivity contribution < 1.29 is 29.0 Å². The molecule has 2 aliphatic heterocycles. The fourth-order valence-electron chi connectivity index (χ4n) is 5.11. The predicted octanol–water partition coefficient (Wildman–Crippen LogP) is 2.98. The summed E-state index contributed by atoms with van der Waals surface area (Å²) in [5.74, 6) is -2.35. The quantitative estimate of drug-likeness (QED) is 0.259. The fourth-order valence-corrected chi connectivity index (χ4v) is 6.66. The average Bonchev–Trinajstić information content (AvgIpc) is 3.12. The Morgan fingerprint density at radius 1 is 1.29 bits per heavy atom. The first-order valence-electron chi connectivity index (χ1n) is 12.3. The molecule has 0 aromatic carbocycles. The Kier molecular flexibility index (Phi) is 8.64. The van der Waals surface area contributed by atoms with E-state index in [1.54, 1.807) is 20.8 Å². The van der Waals surface area contributed by atoms with Crippen molar-refractivity contribution in [2.75, 3.05) is 6.54 Å². The van der Waals surface area contributed by atoms with Gasteiger partial charge in [0.15, 0.2) is 0 Å². The van der Waals surface area contributed by atoms with Crippen LogP contribution < -0.4 is 10.6 Å². The van der Waals surface area contributed by atoms with Crippen LogP contribution in [-0.4, -0.2) is 72.1 Å². The van der Waals surface area contributed by atoms with Crippen LogP contribution in [0.4, 0.5) is 4.79 Å². The van der Waals surface area contributed by atoms with Crippen LogP contribution >= 0.6 is 20.7 Å². The van der Waals surface area contributed by atoms with E-state index >= 15 is 0 Å². The number of aliphatic carboxylic acids is 1. The van der Waals surface area contributed by atoms with Crippen molar-refractivity contribution >= 4 is 49.1 Å². The largest absolute Gasteiger partial charge is 0.479 e. The fraction of sp³-hybridized carbons (Fsp3) is 0.720. The third-order valence-corrected chi connectivity index (χ3v) is 9.26. The van der Waals surface area contributed by atoms with Crippen LogP contribution in [0, 0.1) is 11.8 Å². The molecule has 3 rings (SSSR count). The second-order valence-electron chi connectivity index (χ2n) is 10.7. The van der Waals surface area contributed by atoms with Gasteiger partial charge in [-0.05, 0) is 52.4 Å². The SMILES string of the molecule is C=I[C@@H]1C[C@H]2C(=O)N[C@]3(C(=O)O)[C@H](C)[C@H]3/C=C\CCCCC[C@H](NC(=O)OC(C)(C)C)C(=O)N2C1. The summed E-state index contributed by atoms with van der Waals surface area (Å²) in [6, 6.07) is -1.60. The Labute approximate surface area is 217 Å². The van der Waals surface area contributed by atoms with Crippen molar-refractivity contribution in [1.82, 2.24) is 15.5 Å². The molecule has 0 radical (unpaired) electrons. The van der Waals surface area contributed by atoms with E-state index in [1.165, 1.54) is 4.90 Å². The second kappa shape index (κ2) is 11.0. The lowest BCUT2D eigenvalue weighted by atomic mass is 10.0. The molecule has 0 bridgehead atoms. The van der Waals surface area contributed by atoms with Crippen LogP contribution in [-0.2, 0) is 19.1 Å². The number of hydrogen-bond donors (Lipinski definition) is 3. The van der Waals surface area contributed by atoms with E-state index < -0.39 is 61.9 Å². The zero-order valence-corrected chi connectivity index (χ0v) is 23.2. The maximum absolute atomic E-state index is 13.7. The first-order valence-corrected chi connectivity index (χ1v) is 15.1. The molecule has 1 saturated carbocycles. The highest BCUT2D eigenvalue weighted by Gasteiger charge is 2.68. The number of allylic oxidation sites excluding steroid dienone is 1. The summed E-state index contributed by atoms with van der Waals surface area (Å²) in [5, 5.41) is 15.5. The number of nitrogens with one attached hydrogen (secondary N) is 2. The molecular weight excluding hydrogens is 565 g/mol. The van der Waals surface area contributed by atoms with E-state index in [4.69, 9.17) is 4.74 Å². The molecule has 9 nitrogen and oxygen atoms in total. The van der Waals surface area contributed by atoms with Gasteiger partial charge in [-0.1, -0.05) is 36.4 Å². The minimum Gasteiger partial charge on any atom is -0.479 e. The van der Waals surface area contributed by atoms with Crippen molar-refractivity contribution in [3.8, 4) is 0 Å². The average molecular weight is 603 g/mol. The summed E-state index contributed by atoms with van der Waals surface area (Å²) in [7, 11) is 0. The van der Waals surface area contributed by atoms with Crippen LogP contribution in [0.3, 0.4) is 0 Å². The zero-order valence-electron chi connectivity index (χ0n) is 21.0. The van der Waals surface area contributed by atoms with Crippen LogP contribution in [0.2, 0.25) is 0 Å². The number of alkyl halides is 1. The Hall–Kier alpha value is -1.98. The minimum absolute atomic E-state index is 0.127. The number of fused-ring (bicyclic) bond motifs is 2. The van der Waals surface area contributed by atoms with Gasteiger partial charge in [0.2, 0.25) is 11.8 Å². The lowest BCUT2D eigenvalue weighted by Gasteiger charge is -2.30. The molecule has 6 atom stereocenters. The standard InChI is InChI=1S/C25H38IN3O6/c1-15-17-11-9-7-6-8-10-12-18(27-23(34)35-24(2,3)4)21(31)29-14-16(26-5)13-19(29)20(30)28-25(15,17)22(32)33/h9,11,15-19H,5-8,10,12-14H2,1-4H3,(H,27,34)(H,28,30)(H,32,33)/b11-9-/t15-,16-,17-,18+,19+,25-/m1/s1. The Balaban J connectivity index is 1.89. The Morgan fingerprint density at radius 2 is 2.00 bits per heavy atom. The number of carboxylic acid groups (broad SMARTS) is 1. The molecule has 2 fully saturated rings. The molecule has 10 heteroatoms. The van der Waals surface area contributed by atoms with Crippen molar-refractivity contribution in [3.63, 3.8) is 0 Å². The van der Waals surface area contributed by atoms with Crippen LogP contribution in [0.25, 0.3) is 0 Å². The molecule has 0 aromatic heterocycles. The lowest BCUT2D eigenvalue weighted by Crippen LogP contribution is -2.57. The zero-order chi connectivity index (χ0) is 26.0. The van der Waals surface area contributed by atoms with E-state index in [-0.39, 0.29) is 21.7 Å². The predicted molar refractivity (Wildman–Crippen MR) is 142 cm³/mol. The van der Waals surface area contributed by atoms with E-state index in [0.717, 1.165) is 25.7 Å². The Bertz CT molecular complexity index is 900. The number of alkyl carbamates (subject to hydrolysis) is 1. The maximum Gasteiger partial charge on any atom is 0.408 e. The van der Waals surface area contributed by atoms with Crippen molar-refractivity contribution in [3.05, 3.63) is 12.2 Å². The number of carbonyl (C=O) groups is 4. The number of nitrogens with zero attached hydrogens (tertiary/aromatic N) is 1. The molecule has 0 unspecified atom stereocenters. The third kappa shape index (κ3) is 6.24. The number of carboxylic acids is 1. The monoisotopic (exact) mass is 603 g/mol. The summed E-state index contributed by atoms with van der Waals surface area (Å²) in [4.78, 5) is 53.4. The van der Waals surface area contributed by atoms with Crippen LogP contribution in [0.1, 0.15) is 66.2 Å². The molecule has 1 aliphatic carbocycles. The minimum atomic E-state index is -1.35. The van der Waals surface area contributed by atoms with E-state index in [2.05, 4.69) is 15.1 Å². The van der Waals surface area contributed by atoms with Gasteiger partial charge in [0.1, 0.15) is 23.2 Å². The molecule has 0 aromatic rings. The molecule has 3 amide bonds.